The lowest BCUT2D eigenvalue weighted by molar-refractivity contribution is -0.234. The summed E-state index contributed by atoms with van der Waals surface area (Å²) in [4.78, 5) is 3.65. The van der Waals surface area contributed by atoms with Crippen molar-refractivity contribution < 1.29 is 39.9 Å². The lowest BCUT2D eigenvalue weighted by Crippen LogP contribution is -2.17. The molecule has 0 aromatic heterocycles. The Morgan fingerprint density at radius 2 is 1.83 bits per heavy atom. The normalized spacial score (nSPS) is 15.5. The van der Waals surface area contributed by atoms with Crippen molar-refractivity contribution in [2.45, 2.75) is 37.9 Å². The van der Waals surface area contributed by atoms with Gasteiger partial charge in [0.1, 0.15) is 11.2 Å². The number of benzene rings is 1. The first kappa shape index (κ1) is 21.1. The third-order valence-electron chi connectivity index (χ3n) is 2.60. The molecule has 1 aromatic rings. The number of aryl methyl sites for hydroxylation is 1. The average Bonchev–Trinajstić information content (AvgIpc) is 2.42. The largest absolute Gasteiger partial charge is 0.417 e. The summed E-state index contributed by atoms with van der Waals surface area (Å²) in [5.41, 5.74) is -1.50. The number of hydrogen-bond acceptors (Lipinski definition) is 6. The molecule has 0 saturated heterocycles. The van der Waals surface area contributed by atoms with Crippen molar-refractivity contribution in [3.8, 4) is 0 Å². The first-order chi connectivity index (χ1) is 10.8. The highest BCUT2D eigenvalue weighted by atomic mass is 32.2. The van der Waals surface area contributed by atoms with Gasteiger partial charge in [0.05, 0.1) is 11.7 Å². The fraction of sp³-hybridized carbons (Fsp3) is 0.538. The molecule has 0 N–H and O–H groups in total. The molecule has 11 heteroatoms. The van der Waals surface area contributed by atoms with Crippen molar-refractivity contribution in [3.05, 3.63) is 29.3 Å². The van der Waals surface area contributed by atoms with Crippen molar-refractivity contribution in [1.82, 2.24) is 0 Å². The van der Waals surface area contributed by atoms with Crippen LogP contribution < -0.4 is 0 Å². The monoisotopic (exact) mass is 390 g/mol. The molecule has 138 valence electrons. The molecule has 1 rings (SSSR count). The van der Waals surface area contributed by atoms with E-state index in [1.165, 1.54) is 13.0 Å². The molecular formula is C13H18F3O6PS. The van der Waals surface area contributed by atoms with Crippen LogP contribution in [0.25, 0.3) is 0 Å². The maximum atomic E-state index is 13.0. The molecular weight excluding hydrogens is 372 g/mol. The molecule has 0 aliphatic heterocycles. The van der Waals surface area contributed by atoms with Crippen LogP contribution in [-0.2, 0) is 34.6 Å². The summed E-state index contributed by atoms with van der Waals surface area (Å²) in [7, 11) is -8.44. The molecule has 0 aliphatic rings. The lowest BCUT2D eigenvalue weighted by Gasteiger charge is -2.17. The summed E-state index contributed by atoms with van der Waals surface area (Å²) in [6.45, 7) is 5.42. The van der Waals surface area contributed by atoms with Gasteiger partial charge in [0.15, 0.2) is 0 Å². The van der Waals surface area contributed by atoms with Gasteiger partial charge in [-0.25, -0.2) is 4.89 Å². The Kier molecular flexibility index (Phi) is 6.62. The predicted molar refractivity (Wildman–Crippen MR) is 80.2 cm³/mol. The summed E-state index contributed by atoms with van der Waals surface area (Å²) >= 11 is 0. The third-order valence-corrected chi connectivity index (χ3v) is 5.25. The first-order valence-electron chi connectivity index (χ1n) is 6.74. The van der Waals surface area contributed by atoms with E-state index in [0.29, 0.717) is 6.07 Å². The Morgan fingerprint density at radius 1 is 1.25 bits per heavy atom. The molecule has 0 amide bonds. The van der Waals surface area contributed by atoms with Gasteiger partial charge in [-0.2, -0.15) is 26.3 Å². The van der Waals surface area contributed by atoms with Crippen LogP contribution in [0.2, 0.25) is 0 Å². The van der Waals surface area contributed by atoms with Crippen molar-refractivity contribution in [1.29, 1.82) is 0 Å². The Morgan fingerprint density at radius 3 is 2.33 bits per heavy atom. The Balaban J connectivity index is 3.09. The van der Waals surface area contributed by atoms with Crippen LogP contribution >= 0.6 is 7.37 Å². The molecule has 0 heterocycles. The predicted octanol–water partition coefficient (Wildman–Crippen LogP) is 3.94. The van der Waals surface area contributed by atoms with Crippen LogP contribution in [0.4, 0.5) is 13.2 Å². The number of hydrogen-bond donors (Lipinski definition) is 0. The molecule has 1 atom stereocenters. The quantitative estimate of drug-likeness (QED) is 0.304. The minimum Gasteiger partial charge on any atom is -0.288 e. The highest BCUT2D eigenvalue weighted by molar-refractivity contribution is 7.87. The van der Waals surface area contributed by atoms with E-state index >= 15 is 0 Å². The molecule has 0 spiro atoms. The van der Waals surface area contributed by atoms with E-state index in [4.69, 9.17) is 0 Å². The topological polar surface area (TPSA) is 78.9 Å². The van der Waals surface area contributed by atoms with Gasteiger partial charge in [-0.05, 0) is 32.4 Å². The minimum absolute atomic E-state index is 0.143. The highest BCUT2D eigenvalue weighted by Gasteiger charge is 2.39. The highest BCUT2D eigenvalue weighted by Crippen LogP contribution is 2.44. The SMILES string of the molecule is Cc1cccc(C(F)(F)F)c1S(=O)(=O)OCP(C)(=O)OOC(C)C. The van der Waals surface area contributed by atoms with Crippen molar-refractivity contribution >= 4 is 17.5 Å². The zero-order valence-electron chi connectivity index (χ0n) is 13.5. The van der Waals surface area contributed by atoms with Crippen LogP contribution in [0.1, 0.15) is 25.0 Å². The van der Waals surface area contributed by atoms with Crippen LogP contribution in [0.15, 0.2) is 23.1 Å². The second-order valence-corrected chi connectivity index (χ2v) is 9.37. The van der Waals surface area contributed by atoms with Gasteiger partial charge >= 0.3 is 6.18 Å². The van der Waals surface area contributed by atoms with Gasteiger partial charge in [-0.1, -0.05) is 12.1 Å². The van der Waals surface area contributed by atoms with Gasteiger partial charge in [0.2, 0.25) is 0 Å². The maximum Gasteiger partial charge on any atom is 0.417 e. The van der Waals surface area contributed by atoms with Crippen LogP contribution in [0.3, 0.4) is 0 Å². The molecule has 0 fully saturated rings. The zero-order valence-corrected chi connectivity index (χ0v) is 15.2. The van der Waals surface area contributed by atoms with Crippen LogP contribution in [0.5, 0.6) is 0 Å². The molecule has 1 unspecified atom stereocenters. The van der Waals surface area contributed by atoms with E-state index < -0.39 is 46.6 Å². The molecule has 1 aromatic carbocycles. The van der Waals surface area contributed by atoms with E-state index in [1.807, 2.05) is 0 Å². The van der Waals surface area contributed by atoms with Crippen LogP contribution in [-0.4, -0.2) is 27.5 Å². The molecule has 24 heavy (non-hydrogen) atoms. The molecule has 0 aliphatic carbocycles. The molecule has 0 bridgehead atoms. The number of halogens is 3. The zero-order chi connectivity index (χ0) is 18.8. The molecule has 0 saturated carbocycles. The third kappa shape index (κ3) is 5.86. The van der Waals surface area contributed by atoms with Gasteiger partial charge < -0.3 is 0 Å². The van der Waals surface area contributed by atoms with Gasteiger partial charge in [0, 0.05) is 6.66 Å². The fourth-order valence-corrected chi connectivity index (χ4v) is 4.38. The minimum atomic E-state index is -4.88. The van der Waals surface area contributed by atoms with Crippen molar-refractivity contribution in [3.63, 3.8) is 0 Å². The van der Waals surface area contributed by atoms with Gasteiger partial charge in [-0.3, -0.25) is 8.75 Å². The summed E-state index contributed by atoms with van der Waals surface area (Å²) in [5, 5.41) is 0. The van der Waals surface area contributed by atoms with E-state index in [-0.39, 0.29) is 5.56 Å². The standard InChI is InChI=1S/C13H18F3O6PS/c1-9(2)21-22-23(4,17)8-20-24(18,19)12-10(3)6-5-7-11(12)13(14,15)16/h5-7,9H,8H2,1-4H3. The average molecular weight is 390 g/mol. The lowest BCUT2D eigenvalue weighted by atomic mass is 10.1. The smallest absolute Gasteiger partial charge is 0.288 e. The second kappa shape index (κ2) is 7.53. The Labute approximate surface area is 138 Å². The summed E-state index contributed by atoms with van der Waals surface area (Å²) < 4.78 is 84.5. The van der Waals surface area contributed by atoms with Crippen molar-refractivity contribution in [2.24, 2.45) is 0 Å². The Hall–Kier alpha value is -0.930. The number of alkyl halides is 3. The summed E-state index contributed by atoms with van der Waals surface area (Å²) in [6.07, 6.45) is -6.28. The molecule has 0 radical (unpaired) electrons. The number of rotatable bonds is 7. The van der Waals surface area contributed by atoms with E-state index in [1.54, 1.807) is 13.8 Å². The second-order valence-electron chi connectivity index (χ2n) is 5.38. The fourth-order valence-electron chi connectivity index (χ4n) is 1.63. The maximum absolute atomic E-state index is 13.0. The Bertz CT molecular complexity index is 730. The van der Waals surface area contributed by atoms with E-state index in [0.717, 1.165) is 12.7 Å². The van der Waals surface area contributed by atoms with Crippen molar-refractivity contribution in [2.75, 3.05) is 13.0 Å². The van der Waals surface area contributed by atoms with Crippen LogP contribution in [0, 0.1) is 6.92 Å². The summed E-state index contributed by atoms with van der Waals surface area (Å²) in [6, 6.07) is 2.92. The van der Waals surface area contributed by atoms with Gasteiger partial charge in [-0.15, -0.1) is 0 Å². The van der Waals surface area contributed by atoms with E-state index in [2.05, 4.69) is 13.7 Å². The van der Waals surface area contributed by atoms with Gasteiger partial charge in [0.25, 0.3) is 17.5 Å². The molecule has 6 nitrogen and oxygen atoms in total. The van der Waals surface area contributed by atoms with E-state index in [9.17, 15) is 26.2 Å². The first-order valence-corrected chi connectivity index (χ1v) is 10.4. The summed E-state index contributed by atoms with van der Waals surface area (Å²) in [5.74, 6) is 0.